The standard InChI is InChI=1S/C11H22N4O2S/c1-4-18(16,17)7-5-6-11(14-12)10-8-13-15(3)9(10)2/h8,11,14H,4-7,12H2,1-3H3. The van der Waals surface area contributed by atoms with E-state index in [-0.39, 0.29) is 17.5 Å². The highest BCUT2D eigenvalue weighted by Crippen LogP contribution is 2.20. The molecule has 1 heterocycles. The van der Waals surface area contributed by atoms with Crippen LogP contribution in [0.2, 0.25) is 0 Å². The van der Waals surface area contributed by atoms with Crippen LogP contribution in [-0.4, -0.2) is 29.7 Å². The van der Waals surface area contributed by atoms with E-state index in [1.54, 1.807) is 17.8 Å². The van der Waals surface area contributed by atoms with Gasteiger partial charge in [0.25, 0.3) is 0 Å². The maximum Gasteiger partial charge on any atom is 0.150 e. The molecule has 1 rings (SSSR count). The molecule has 0 bridgehead atoms. The molecule has 0 amide bonds. The van der Waals surface area contributed by atoms with Crippen LogP contribution in [0.3, 0.4) is 0 Å². The molecule has 0 saturated carbocycles. The van der Waals surface area contributed by atoms with Gasteiger partial charge in [-0.15, -0.1) is 0 Å². The molecule has 1 aromatic rings. The second kappa shape index (κ2) is 6.31. The first-order valence-corrected chi connectivity index (χ1v) is 7.88. The molecule has 0 aliphatic rings. The van der Waals surface area contributed by atoms with Crippen LogP contribution in [0.1, 0.15) is 37.1 Å². The van der Waals surface area contributed by atoms with E-state index in [0.717, 1.165) is 11.3 Å². The maximum atomic E-state index is 11.4. The smallest absolute Gasteiger partial charge is 0.150 e. The van der Waals surface area contributed by atoms with Gasteiger partial charge in [-0.2, -0.15) is 5.10 Å². The van der Waals surface area contributed by atoms with Gasteiger partial charge in [0, 0.05) is 30.1 Å². The van der Waals surface area contributed by atoms with Gasteiger partial charge in [-0.25, -0.2) is 8.42 Å². The third-order valence-corrected chi connectivity index (χ3v) is 5.03. The molecule has 0 aliphatic heterocycles. The Bertz CT molecular complexity index is 481. The van der Waals surface area contributed by atoms with Crippen LogP contribution < -0.4 is 11.3 Å². The number of hydrogen-bond acceptors (Lipinski definition) is 5. The summed E-state index contributed by atoms with van der Waals surface area (Å²) < 4.78 is 24.6. The summed E-state index contributed by atoms with van der Waals surface area (Å²) in [6, 6.07) is -0.0502. The predicted molar refractivity (Wildman–Crippen MR) is 71.6 cm³/mol. The summed E-state index contributed by atoms with van der Waals surface area (Å²) in [4.78, 5) is 0. The topological polar surface area (TPSA) is 90.0 Å². The van der Waals surface area contributed by atoms with Gasteiger partial charge >= 0.3 is 0 Å². The molecule has 0 spiro atoms. The maximum absolute atomic E-state index is 11.4. The first-order valence-electron chi connectivity index (χ1n) is 6.06. The molecule has 18 heavy (non-hydrogen) atoms. The van der Waals surface area contributed by atoms with Crippen LogP contribution >= 0.6 is 0 Å². The molecular weight excluding hydrogens is 252 g/mol. The first-order chi connectivity index (χ1) is 8.41. The van der Waals surface area contributed by atoms with Crippen molar-refractivity contribution < 1.29 is 8.42 Å². The molecule has 0 fully saturated rings. The summed E-state index contributed by atoms with van der Waals surface area (Å²) in [5.74, 6) is 5.93. The molecule has 6 nitrogen and oxygen atoms in total. The normalized spacial score (nSPS) is 13.8. The van der Waals surface area contributed by atoms with E-state index < -0.39 is 9.84 Å². The number of nitrogens with one attached hydrogen (secondary N) is 1. The van der Waals surface area contributed by atoms with Crippen molar-refractivity contribution in [1.82, 2.24) is 15.2 Å². The summed E-state index contributed by atoms with van der Waals surface area (Å²) in [5, 5.41) is 4.16. The van der Waals surface area contributed by atoms with Gasteiger partial charge < -0.3 is 0 Å². The summed E-state index contributed by atoms with van der Waals surface area (Å²) in [7, 11) is -1.03. The summed E-state index contributed by atoms with van der Waals surface area (Å²) in [6.45, 7) is 3.63. The van der Waals surface area contributed by atoms with E-state index in [9.17, 15) is 8.42 Å². The van der Waals surface area contributed by atoms with Gasteiger partial charge in [-0.1, -0.05) is 6.92 Å². The molecular formula is C11H22N4O2S. The Morgan fingerprint density at radius 1 is 1.56 bits per heavy atom. The summed E-state index contributed by atoms with van der Waals surface area (Å²) >= 11 is 0. The number of aromatic nitrogens is 2. The van der Waals surface area contributed by atoms with Crippen LogP contribution in [0.4, 0.5) is 0 Å². The van der Waals surface area contributed by atoms with Gasteiger partial charge in [0.2, 0.25) is 0 Å². The molecule has 1 aromatic heterocycles. The van der Waals surface area contributed by atoms with Crippen molar-refractivity contribution in [2.45, 2.75) is 32.7 Å². The molecule has 1 atom stereocenters. The SMILES string of the molecule is CCS(=O)(=O)CCCC(NN)c1cnn(C)c1C. The van der Waals surface area contributed by atoms with Gasteiger partial charge in [-0.05, 0) is 19.8 Å². The third-order valence-electron chi connectivity index (χ3n) is 3.24. The zero-order valence-corrected chi connectivity index (χ0v) is 12.0. The zero-order valence-electron chi connectivity index (χ0n) is 11.2. The van der Waals surface area contributed by atoms with Crippen LogP contribution in [-0.2, 0) is 16.9 Å². The quantitative estimate of drug-likeness (QED) is 0.556. The van der Waals surface area contributed by atoms with Gasteiger partial charge in [0.15, 0.2) is 0 Å². The van der Waals surface area contributed by atoms with E-state index in [4.69, 9.17) is 5.84 Å². The fourth-order valence-corrected chi connectivity index (χ4v) is 2.73. The molecule has 3 N–H and O–H groups in total. The van der Waals surface area contributed by atoms with Crippen molar-refractivity contribution in [2.24, 2.45) is 12.9 Å². The minimum Gasteiger partial charge on any atom is -0.273 e. The molecule has 0 aromatic carbocycles. The number of hydrogen-bond donors (Lipinski definition) is 2. The van der Waals surface area contributed by atoms with Crippen molar-refractivity contribution in [3.05, 3.63) is 17.5 Å². The molecule has 1 unspecified atom stereocenters. The fraction of sp³-hybridized carbons (Fsp3) is 0.727. The third kappa shape index (κ3) is 3.79. The van der Waals surface area contributed by atoms with Crippen LogP contribution in [0.5, 0.6) is 0 Å². The number of hydrazine groups is 1. The second-order valence-electron chi connectivity index (χ2n) is 4.41. The van der Waals surface area contributed by atoms with Crippen molar-refractivity contribution >= 4 is 9.84 Å². The Balaban J connectivity index is 2.61. The van der Waals surface area contributed by atoms with Gasteiger partial charge in [0.05, 0.1) is 11.9 Å². The van der Waals surface area contributed by atoms with Gasteiger partial charge in [-0.3, -0.25) is 16.0 Å². The lowest BCUT2D eigenvalue weighted by Crippen LogP contribution is -2.28. The monoisotopic (exact) mass is 274 g/mol. The van der Waals surface area contributed by atoms with Crippen LogP contribution in [0, 0.1) is 6.92 Å². The Morgan fingerprint density at radius 2 is 2.22 bits per heavy atom. The van der Waals surface area contributed by atoms with E-state index >= 15 is 0 Å². The minimum absolute atomic E-state index is 0.0502. The van der Waals surface area contributed by atoms with Gasteiger partial charge in [0.1, 0.15) is 9.84 Å². The van der Waals surface area contributed by atoms with E-state index in [1.807, 2.05) is 14.0 Å². The average Bonchev–Trinajstić information content (AvgIpc) is 2.66. The zero-order chi connectivity index (χ0) is 13.8. The molecule has 104 valence electrons. The lowest BCUT2D eigenvalue weighted by molar-refractivity contribution is 0.504. The van der Waals surface area contributed by atoms with Crippen molar-refractivity contribution in [1.29, 1.82) is 0 Å². The predicted octanol–water partition coefficient (Wildman–Crippen LogP) is 0.448. The second-order valence-corrected chi connectivity index (χ2v) is 6.88. The first kappa shape index (κ1) is 15.1. The largest absolute Gasteiger partial charge is 0.273 e. The number of nitrogens with two attached hydrogens (primary N) is 1. The highest BCUT2D eigenvalue weighted by molar-refractivity contribution is 7.91. The van der Waals surface area contributed by atoms with E-state index in [0.29, 0.717) is 12.8 Å². The Morgan fingerprint density at radius 3 is 2.67 bits per heavy atom. The molecule has 0 saturated heterocycles. The van der Waals surface area contributed by atoms with Crippen molar-refractivity contribution in [3.63, 3.8) is 0 Å². The Labute approximate surface area is 108 Å². The number of nitrogens with zero attached hydrogens (tertiary/aromatic N) is 2. The number of aryl methyl sites for hydroxylation is 1. The van der Waals surface area contributed by atoms with E-state index in [2.05, 4.69) is 10.5 Å². The van der Waals surface area contributed by atoms with Crippen molar-refractivity contribution in [2.75, 3.05) is 11.5 Å². The lowest BCUT2D eigenvalue weighted by Gasteiger charge is -2.15. The average molecular weight is 274 g/mol. The number of rotatable bonds is 7. The summed E-state index contributed by atoms with van der Waals surface area (Å²) in [5.41, 5.74) is 4.79. The number of sulfone groups is 1. The minimum atomic E-state index is -2.90. The fourth-order valence-electron chi connectivity index (χ4n) is 1.84. The molecule has 7 heteroatoms. The Hall–Kier alpha value is -0.920. The highest BCUT2D eigenvalue weighted by Gasteiger charge is 2.16. The van der Waals surface area contributed by atoms with E-state index in [1.165, 1.54) is 0 Å². The summed E-state index contributed by atoms with van der Waals surface area (Å²) in [6.07, 6.45) is 3.05. The highest BCUT2D eigenvalue weighted by atomic mass is 32.2. The van der Waals surface area contributed by atoms with Crippen LogP contribution in [0.25, 0.3) is 0 Å². The molecule has 0 radical (unpaired) electrons. The van der Waals surface area contributed by atoms with Crippen LogP contribution in [0.15, 0.2) is 6.20 Å². The Kier molecular flexibility index (Phi) is 5.30. The lowest BCUT2D eigenvalue weighted by atomic mass is 10.0. The van der Waals surface area contributed by atoms with Crippen molar-refractivity contribution in [3.8, 4) is 0 Å². The molecule has 0 aliphatic carbocycles.